The second-order valence-electron chi connectivity index (χ2n) is 5.05. The third-order valence-corrected chi connectivity index (χ3v) is 3.66. The molecule has 21 heavy (non-hydrogen) atoms. The zero-order valence-electron chi connectivity index (χ0n) is 11.7. The van der Waals surface area contributed by atoms with Crippen LogP contribution in [0.3, 0.4) is 0 Å². The zero-order valence-corrected chi connectivity index (χ0v) is 13.2. The van der Waals surface area contributed by atoms with Crippen LogP contribution in [0.2, 0.25) is 0 Å². The Morgan fingerprint density at radius 1 is 1.24 bits per heavy atom. The van der Waals surface area contributed by atoms with Crippen molar-refractivity contribution in [3.05, 3.63) is 63.6 Å². The lowest BCUT2D eigenvalue weighted by Gasteiger charge is -2.26. The number of benzene rings is 2. The second kappa shape index (κ2) is 6.12. The highest BCUT2D eigenvalue weighted by Crippen LogP contribution is 2.35. The molecule has 0 heterocycles. The molecule has 2 rings (SSSR count). The molecule has 0 radical (unpaired) electrons. The van der Waals surface area contributed by atoms with Crippen LogP contribution in [0, 0.1) is 11.6 Å². The molecular weight excluding hydrogens is 342 g/mol. The topological polar surface area (TPSA) is 29.5 Å². The maximum absolute atomic E-state index is 14.1. The summed E-state index contributed by atoms with van der Waals surface area (Å²) in [7, 11) is 1.41. The van der Waals surface area contributed by atoms with Crippen LogP contribution < -0.4 is 4.74 Å². The molecule has 0 amide bonds. The molecule has 2 nitrogen and oxygen atoms in total. The molecule has 0 bridgehead atoms. The van der Waals surface area contributed by atoms with Gasteiger partial charge in [0.05, 0.1) is 18.3 Å². The van der Waals surface area contributed by atoms with Crippen molar-refractivity contribution in [2.24, 2.45) is 0 Å². The van der Waals surface area contributed by atoms with E-state index in [2.05, 4.69) is 15.9 Å². The maximum atomic E-state index is 14.1. The van der Waals surface area contributed by atoms with Gasteiger partial charge in [-0.1, -0.05) is 22.0 Å². The van der Waals surface area contributed by atoms with Gasteiger partial charge in [-0.05, 0) is 42.8 Å². The quantitative estimate of drug-likeness (QED) is 0.889. The van der Waals surface area contributed by atoms with Gasteiger partial charge in [-0.25, -0.2) is 8.78 Å². The molecule has 0 saturated heterocycles. The first-order chi connectivity index (χ1) is 9.83. The molecule has 0 spiro atoms. The Hall–Kier alpha value is -1.46. The summed E-state index contributed by atoms with van der Waals surface area (Å²) in [5.74, 6) is -0.721. The van der Waals surface area contributed by atoms with E-state index in [1.54, 1.807) is 12.1 Å². The number of methoxy groups -OCH3 is 1. The number of rotatable bonds is 4. The van der Waals surface area contributed by atoms with Crippen LogP contribution in [0.4, 0.5) is 8.78 Å². The highest BCUT2D eigenvalue weighted by Gasteiger charge is 2.30. The summed E-state index contributed by atoms with van der Waals surface area (Å²) in [6, 6.07) is 8.66. The first kappa shape index (κ1) is 15.9. The predicted octanol–water partition coefficient (Wildman–Crippen LogP) is 4.19. The van der Waals surface area contributed by atoms with Gasteiger partial charge in [-0.2, -0.15) is 0 Å². The molecular formula is C16H15BrF2O2. The van der Waals surface area contributed by atoms with E-state index in [0.717, 1.165) is 0 Å². The van der Waals surface area contributed by atoms with E-state index in [4.69, 9.17) is 4.74 Å². The molecule has 2 aromatic rings. The minimum atomic E-state index is -1.52. The smallest absolute Gasteiger partial charge is 0.133 e. The minimum absolute atomic E-state index is 0.0562. The Kier molecular flexibility index (Phi) is 4.64. The lowest BCUT2D eigenvalue weighted by atomic mass is 9.88. The fraction of sp³-hybridized carbons (Fsp3) is 0.250. The van der Waals surface area contributed by atoms with E-state index in [1.807, 2.05) is 0 Å². The summed E-state index contributed by atoms with van der Waals surface area (Å²) >= 11 is 3.20. The van der Waals surface area contributed by atoms with Crippen LogP contribution in [0.1, 0.15) is 18.1 Å². The fourth-order valence-electron chi connectivity index (χ4n) is 2.40. The molecule has 0 aliphatic heterocycles. The molecule has 2 aromatic carbocycles. The molecule has 0 aliphatic rings. The lowest BCUT2D eigenvalue weighted by molar-refractivity contribution is 0.0509. The van der Waals surface area contributed by atoms with E-state index in [1.165, 1.54) is 38.3 Å². The Balaban J connectivity index is 2.42. The standard InChI is InChI=1S/C16H15BrF2O2/c1-16(20,9-10-6-11(17)8-12(18)7-10)15-13(19)4-3-5-14(15)21-2/h3-8,20H,9H2,1-2H3. The molecule has 1 unspecified atom stereocenters. The van der Waals surface area contributed by atoms with Gasteiger partial charge >= 0.3 is 0 Å². The van der Waals surface area contributed by atoms with Crippen LogP contribution in [-0.4, -0.2) is 12.2 Å². The van der Waals surface area contributed by atoms with E-state index in [-0.39, 0.29) is 17.7 Å². The van der Waals surface area contributed by atoms with Crippen molar-refractivity contribution in [3.8, 4) is 5.75 Å². The minimum Gasteiger partial charge on any atom is -0.496 e. The van der Waals surface area contributed by atoms with E-state index in [0.29, 0.717) is 10.0 Å². The van der Waals surface area contributed by atoms with Gasteiger partial charge in [0.25, 0.3) is 0 Å². The molecule has 112 valence electrons. The highest BCUT2D eigenvalue weighted by molar-refractivity contribution is 9.10. The number of hydrogen-bond donors (Lipinski definition) is 1. The largest absolute Gasteiger partial charge is 0.496 e. The molecule has 0 fully saturated rings. The molecule has 0 saturated carbocycles. The third kappa shape index (κ3) is 3.60. The second-order valence-corrected chi connectivity index (χ2v) is 5.96. The summed E-state index contributed by atoms with van der Waals surface area (Å²) in [5, 5.41) is 10.7. The first-order valence-electron chi connectivity index (χ1n) is 6.34. The number of hydrogen-bond acceptors (Lipinski definition) is 2. The monoisotopic (exact) mass is 356 g/mol. The summed E-state index contributed by atoms with van der Waals surface area (Å²) in [5.41, 5.74) is -0.908. The Morgan fingerprint density at radius 2 is 1.95 bits per heavy atom. The predicted molar refractivity (Wildman–Crippen MR) is 80.3 cm³/mol. The van der Waals surface area contributed by atoms with Crippen molar-refractivity contribution >= 4 is 15.9 Å². The third-order valence-electron chi connectivity index (χ3n) is 3.20. The van der Waals surface area contributed by atoms with Crippen molar-refractivity contribution in [1.82, 2.24) is 0 Å². The number of halogens is 3. The summed E-state index contributed by atoms with van der Waals surface area (Å²) in [6.07, 6.45) is 0.0562. The fourth-order valence-corrected chi connectivity index (χ4v) is 2.91. The van der Waals surface area contributed by atoms with Crippen LogP contribution >= 0.6 is 15.9 Å². The number of ether oxygens (including phenoxy) is 1. The van der Waals surface area contributed by atoms with Gasteiger partial charge in [0.2, 0.25) is 0 Å². The van der Waals surface area contributed by atoms with Crippen molar-refractivity contribution in [2.45, 2.75) is 18.9 Å². The van der Waals surface area contributed by atoms with Crippen LogP contribution in [0.5, 0.6) is 5.75 Å². The summed E-state index contributed by atoms with van der Waals surface area (Å²) < 4.78 is 33.2. The summed E-state index contributed by atoms with van der Waals surface area (Å²) in [6.45, 7) is 1.48. The first-order valence-corrected chi connectivity index (χ1v) is 7.13. The Bertz CT molecular complexity index is 636. The molecule has 0 aliphatic carbocycles. The van der Waals surface area contributed by atoms with Crippen LogP contribution in [0.15, 0.2) is 40.9 Å². The molecule has 1 atom stereocenters. The van der Waals surface area contributed by atoms with Gasteiger partial charge in [0.1, 0.15) is 17.4 Å². The van der Waals surface area contributed by atoms with Crippen molar-refractivity contribution in [2.75, 3.05) is 7.11 Å². The average molecular weight is 357 g/mol. The Morgan fingerprint density at radius 3 is 2.57 bits per heavy atom. The average Bonchev–Trinajstić information content (AvgIpc) is 2.35. The Labute approximate surface area is 130 Å². The number of aliphatic hydroxyl groups is 1. The van der Waals surface area contributed by atoms with Crippen molar-refractivity contribution < 1.29 is 18.6 Å². The lowest BCUT2D eigenvalue weighted by Crippen LogP contribution is -2.26. The highest BCUT2D eigenvalue weighted by atomic mass is 79.9. The van der Waals surface area contributed by atoms with E-state index in [9.17, 15) is 13.9 Å². The summed E-state index contributed by atoms with van der Waals surface area (Å²) in [4.78, 5) is 0. The van der Waals surface area contributed by atoms with Gasteiger partial charge in [-0.3, -0.25) is 0 Å². The maximum Gasteiger partial charge on any atom is 0.133 e. The normalized spacial score (nSPS) is 13.8. The van der Waals surface area contributed by atoms with E-state index < -0.39 is 17.2 Å². The van der Waals surface area contributed by atoms with Crippen LogP contribution in [0.25, 0.3) is 0 Å². The van der Waals surface area contributed by atoms with Gasteiger partial charge in [-0.15, -0.1) is 0 Å². The van der Waals surface area contributed by atoms with Gasteiger partial charge in [0.15, 0.2) is 0 Å². The SMILES string of the molecule is COc1cccc(F)c1C(C)(O)Cc1cc(F)cc(Br)c1. The molecule has 1 N–H and O–H groups in total. The molecule has 5 heteroatoms. The zero-order chi connectivity index (χ0) is 15.6. The van der Waals surface area contributed by atoms with Gasteiger partial charge < -0.3 is 9.84 Å². The van der Waals surface area contributed by atoms with Crippen molar-refractivity contribution in [1.29, 1.82) is 0 Å². The van der Waals surface area contributed by atoms with Crippen LogP contribution in [-0.2, 0) is 12.0 Å². The van der Waals surface area contributed by atoms with Gasteiger partial charge in [0, 0.05) is 10.9 Å². The van der Waals surface area contributed by atoms with Crippen molar-refractivity contribution in [3.63, 3.8) is 0 Å². The van der Waals surface area contributed by atoms with E-state index >= 15 is 0 Å². The molecule has 0 aromatic heterocycles.